The Balaban J connectivity index is 1.55. The van der Waals surface area contributed by atoms with Gasteiger partial charge in [-0.15, -0.1) is 0 Å². The van der Waals surface area contributed by atoms with Gasteiger partial charge in [0.2, 0.25) is 0 Å². The third-order valence-electron chi connectivity index (χ3n) is 7.67. The Labute approximate surface area is 265 Å². The van der Waals surface area contributed by atoms with Crippen molar-refractivity contribution >= 4 is 10.1 Å². The van der Waals surface area contributed by atoms with Crippen LogP contribution in [0.4, 0.5) is 0 Å². The van der Waals surface area contributed by atoms with Crippen LogP contribution in [-0.2, 0) is 10.1 Å². The SMILES string of the molecule is CCOc1cc(C(c2c(C)[nH]n(-c3ccccc3)c2=O)c2c(C)[nH]n(-c3ccccc3)c2=O)ccc1OS(=O)(=O)c1ccccc1. The number of ether oxygens (including phenoxy) is 1. The number of para-hydroxylation sites is 2. The molecule has 11 heteroatoms. The Morgan fingerprint density at radius 1 is 0.674 bits per heavy atom. The smallest absolute Gasteiger partial charge is 0.339 e. The topological polar surface area (TPSA) is 128 Å². The molecule has 2 heterocycles. The van der Waals surface area contributed by atoms with Crippen LogP contribution in [0.2, 0.25) is 0 Å². The Morgan fingerprint density at radius 2 is 1.15 bits per heavy atom. The summed E-state index contributed by atoms with van der Waals surface area (Å²) in [7, 11) is -4.17. The molecule has 0 saturated heterocycles. The molecule has 0 amide bonds. The van der Waals surface area contributed by atoms with Crippen LogP contribution in [-0.4, -0.2) is 34.6 Å². The summed E-state index contributed by atoms with van der Waals surface area (Å²) in [5.74, 6) is -0.729. The van der Waals surface area contributed by atoms with Crippen molar-refractivity contribution in [3.63, 3.8) is 0 Å². The molecule has 0 fully saturated rings. The van der Waals surface area contributed by atoms with Crippen LogP contribution in [0.15, 0.2) is 124 Å². The van der Waals surface area contributed by atoms with Crippen LogP contribution in [0.3, 0.4) is 0 Å². The summed E-state index contributed by atoms with van der Waals surface area (Å²) < 4.78 is 40.5. The maximum absolute atomic E-state index is 14.2. The van der Waals surface area contributed by atoms with Crippen LogP contribution in [0.1, 0.15) is 40.9 Å². The minimum absolute atomic E-state index is 0.00628. The Morgan fingerprint density at radius 3 is 1.63 bits per heavy atom. The lowest BCUT2D eigenvalue weighted by molar-refractivity contribution is 0.327. The number of hydrogen-bond acceptors (Lipinski definition) is 6. The van der Waals surface area contributed by atoms with Crippen LogP contribution >= 0.6 is 0 Å². The average molecular weight is 637 g/mol. The molecule has 2 aromatic heterocycles. The molecular formula is C35H32N4O6S. The molecule has 0 aliphatic carbocycles. The van der Waals surface area contributed by atoms with Gasteiger partial charge in [-0.3, -0.25) is 19.8 Å². The van der Waals surface area contributed by atoms with Crippen molar-refractivity contribution in [2.24, 2.45) is 0 Å². The number of nitrogens with one attached hydrogen (secondary N) is 2. The predicted octanol–water partition coefficient (Wildman–Crippen LogP) is 5.61. The molecule has 10 nitrogen and oxygen atoms in total. The molecule has 0 aliphatic rings. The van der Waals surface area contributed by atoms with Gasteiger partial charge in [0.05, 0.1) is 29.1 Å². The van der Waals surface area contributed by atoms with E-state index in [1.165, 1.54) is 27.6 Å². The second kappa shape index (κ2) is 12.4. The Kier molecular flexibility index (Phi) is 8.25. The number of aromatic nitrogens is 4. The number of hydrogen-bond donors (Lipinski definition) is 2. The van der Waals surface area contributed by atoms with E-state index in [0.717, 1.165) is 0 Å². The van der Waals surface area contributed by atoms with E-state index < -0.39 is 16.0 Å². The fraction of sp³-hybridized carbons (Fsp3) is 0.143. The van der Waals surface area contributed by atoms with Crippen molar-refractivity contribution in [2.45, 2.75) is 31.6 Å². The zero-order valence-corrected chi connectivity index (χ0v) is 26.2. The number of benzene rings is 4. The molecule has 46 heavy (non-hydrogen) atoms. The molecular weight excluding hydrogens is 604 g/mol. The third kappa shape index (κ3) is 5.68. The normalized spacial score (nSPS) is 11.6. The average Bonchev–Trinajstić information content (AvgIpc) is 3.53. The number of H-pyrrole nitrogens is 2. The number of aryl methyl sites for hydroxylation is 2. The minimum atomic E-state index is -4.17. The molecule has 6 aromatic rings. The van der Waals surface area contributed by atoms with Gasteiger partial charge >= 0.3 is 10.1 Å². The first kappa shape index (κ1) is 30.5. The Hall–Kier alpha value is -5.55. The number of rotatable bonds is 10. The fourth-order valence-electron chi connectivity index (χ4n) is 5.59. The maximum atomic E-state index is 14.2. The van der Waals surface area contributed by atoms with Gasteiger partial charge in [0.25, 0.3) is 11.1 Å². The van der Waals surface area contributed by atoms with E-state index in [2.05, 4.69) is 10.2 Å². The van der Waals surface area contributed by atoms with E-state index in [1.807, 2.05) is 60.7 Å². The van der Waals surface area contributed by atoms with Gasteiger partial charge in [-0.05, 0) is 74.9 Å². The highest BCUT2D eigenvalue weighted by atomic mass is 32.2. The van der Waals surface area contributed by atoms with Gasteiger partial charge < -0.3 is 8.92 Å². The second-order valence-corrected chi connectivity index (χ2v) is 12.2. The molecule has 0 atom stereocenters. The first-order valence-electron chi connectivity index (χ1n) is 14.7. The van der Waals surface area contributed by atoms with E-state index in [0.29, 0.717) is 39.5 Å². The summed E-state index contributed by atoms with van der Waals surface area (Å²) in [6.45, 7) is 5.55. The number of aromatic amines is 2. The van der Waals surface area contributed by atoms with Gasteiger partial charge in [0, 0.05) is 17.3 Å². The minimum Gasteiger partial charge on any atom is -0.490 e. The standard InChI is InChI=1S/C35H32N4O6S/c1-4-44-30-22-25(20-21-29(30)45-46(42,43)28-18-12-7-13-19-28)33(31-23(2)36-38(34(31)40)26-14-8-5-9-15-26)32-24(3)37-39(35(32)41)27-16-10-6-11-17-27/h5-22,33,36-37H,4H2,1-3H3. The van der Waals surface area contributed by atoms with Crippen molar-refractivity contribution in [1.82, 2.24) is 19.6 Å². The summed E-state index contributed by atoms with van der Waals surface area (Å²) in [4.78, 5) is 28.3. The first-order chi connectivity index (χ1) is 22.2. The highest BCUT2D eigenvalue weighted by Gasteiger charge is 2.32. The molecule has 0 unspecified atom stereocenters. The van der Waals surface area contributed by atoms with Crippen molar-refractivity contribution in [3.05, 3.63) is 158 Å². The van der Waals surface area contributed by atoms with E-state index >= 15 is 0 Å². The van der Waals surface area contributed by atoms with Crippen molar-refractivity contribution < 1.29 is 17.3 Å². The monoisotopic (exact) mass is 636 g/mol. The highest BCUT2D eigenvalue weighted by molar-refractivity contribution is 7.87. The fourth-order valence-corrected chi connectivity index (χ4v) is 6.55. The molecule has 4 aromatic carbocycles. The lowest BCUT2D eigenvalue weighted by atomic mass is 9.85. The van der Waals surface area contributed by atoms with E-state index in [4.69, 9.17) is 8.92 Å². The van der Waals surface area contributed by atoms with Crippen LogP contribution in [0.5, 0.6) is 11.5 Å². The summed E-state index contributed by atoms with van der Waals surface area (Å²) in [6.07, 6.45) is 0. The predicted molar refractivity (Wildman–Crippen MR) is 175 cm³/mol. The van der Waals surface area contributed by atoms with Crippen molar-refractivity contribution in [1.29, 1.82) is 0 Å². The quantitative estimate of drug-likeness (QED) is 0.188. The molecule has 0 saturated carbocycles. The summed E-state index contributed by atoms with van der Waals surface area (Å²) >= 11 is 0. The van der Waals surface area contributed by atoms with E-state index in [9.17, 15) is 18.0 Å². The molecule has 0 spiro atoms. The zero-order valence-electron chi connectivity index (χ0n) is 25.4. The summed E-state index contributed by atoms with van der Waals surface area (Å²) in [5, 5.41) is 6.35. The molecule has 6 rings (SSSR count). The van der Waals surface area contributed by atoms with Crippen LogP contribution in [0.25, 0.3) is 11.4 Å². The molecule has 0 aliphatic heterocycles. The zero-order chi connectivity index (χ0) is 32.4. The van der Waals surface area contributed by atoms with Crippen molar-refractivity contribution in [2.75, 3.05) is 6.61 Å². The lowest BCUT2D eigenvalue weighted by Crippen LogP contribution is -2.25. The molecule has 2 N–H and O–H groups in total. The van der Waals surface area contributed by atoms with E-state index in [1.54, 1.807) is 51.1 Å². The van der Waals surface area contributed by atoms with Gasteiger partial charge in [-0.2, -0.15) is 8.42 Å². The van der Waals surface area contributed by atoms with Crippen molar-refractivity contribution in [3.8, 4) is 22.9 Å². The molecule has 0 radical (unpaired) electrons. The van der Waals surface area contributed by atoms with Crippen LogP contribution < -0.4 is 20.0 Å². The third-order valence-corrected chi connectivity index (χ3v) is 8.92. The lowest BCUT2D eigenvalue weighted by Gasteiger charge is -2.19. The first-order valence-corrected chi connectivity index (χ1v) is 16.1. The molecule has 0 bridgehead atoms. The van der Waals surface area contributed by atoms with Crippen LogP contribution in [0, 0.1) is 13.8 Å². The summed E-state index contributed by atoms with van der Waals surface area (Å²) in [5.41, 5.74) is 3.00. The largest absolute Gasteiger partial charge is 0.490 e. The van der Waals surface area contributed by atoms with Gasteiger partial charge in [0.15, 0.2) is 11.5 Å². The van der Waals surface area contributed by atoms with Gasteiger partial charge in [-0.25, -0.2) is 9.36 Å². The second-order valence-electron chi connectivity index (χ2n) is 10.7. The van der Waals surface area contributed by atoms with Gasteiger partial charge in [0.1, 0.15) is 4.90 Å². The van der Waals surface area contributed by atoms with Gasteiger partial charge in [-0.1, -0.05) is 60.7 Å². The summed E-state index contributed by atoms with van der Waals surface area (Å²) in [6, 6.07) is 30.9. The van der Waals surface area contributed by atoms with E-state index in [-0.39, 0.29) is 34.1 Å². The number of nitrogens with zero attached hydrogens (tertiary/aromatic N) is 2. The highest BCUT2D eigenvalue weighted by Crippen LogP contribution is 2.38. The maximum Gasteiger partial charge on any atom is 0.339 e. The Bertz CT molecular complexity index is 2120. The molecule has 234 valence electrons.